The average molecular weight is 288 g/mol. The van der Waals surface area contributed by atoms with Crippen LogP contribution in [-0.4, -0.2) is 4.98 Å². The predicted octanol–water partition coefficient (Wildman–Crippen LogP) is 3.21. The largest absolute Gasteiger partial charge is 0.487 e. The Bertz CT molecular complexity index is 650. The first-order valence-electron chi connectivity index (χ1n) is 6.13. The van der Waals surface area contributed by atoms with Crippen molar-refractivity contribution in [2.45, 2.75) is 19.6 Å². The minimum Gasteiger partial charge on any atom is -0.487 e. The Kier molecular flexibility index (Phi) is 4.57. The van der Waals surface area contributed by atoms with Crippen LogP contribution in [0.4, 0.5) is 0 Å². The number of rotatable bonds is 4. The second-order valence-electron chi connectivity index (χ2n) is 4.43. The molecule has 0 unspecified atom stereocenters. The highest BCUT2D eigenvalue weighted by Crippen LogP contribution is 2.28. The van der Waals surface area contributed by atoms with Crippen LogP contribution in [-0.2, 0) is 6.61 Å². The maximum atomic E-state index is 8.79. The summed E-state index contributed by atoms with van der Waals surface area (Å²) < 4.78 is 5.65. The number of nitrogens with two attached hydrogens (primary N) is 1. The van der Waals surface area contributed by atoms with Crippen LogP contribution in [0.2, 0.25) is 5.02 Å². The van der Waals surface area contributed by atoms with Crippen molar-refractivity contribution < 1.29 is 4.74 Å². The lowest BCUT2D eigenvalue weighted by molar-refractivity contribution is 0.306. The topological polar surface area (TPSA) is 71.9 Å². The minimum absolute atomic E-state index is 0.0695. The van der Waals surface area contributed by atoms with Gasteiger partial charge in [0.1, 0.15) is 24.1 Å². The van der Waals surface area contributed by atoms with Gasteiger partial charge in [-0.1, -0.05) is 17.7 Å². The molecular formula is C15H14ClN3O. The summed E-state index contributed by atoms with van der Waals surface area (Å²) in [5, 5.41) is 9.31. The van der Waals surface area contributed by atoms with Crippen LogP contribution in [0.25, 0.3) is 0 Å². The fourth-order valence-electron chi connectivity index (χ4n) is 1.70. The first kappa shape index (κ1) is 14.3. The number of nitrogens with zero attached hydrogens (tertiary/aromatic N) is 2. The quantitative estimate of drug-likeness (QED) is 0.937. The van der Waals surface area contributed by atoms with Gasteiger partial charge in [0.25, 0.3) is 0 Å². The molecule has 0 amide bonds. The number of pyridine rings is 1. The van der Waals surface area contributed by atoms with E-state index >= 15 is 0 Å². The lowest BCUT2D eigenvalue weighted by Gasteiger charge is -2.11. The van der Waals surface area contributed by atoms with Crippen LogP contribution in [0.1, 0.15) is 29.8 Å². The normalized spacial score (nSPS) is 11.7. The van der Waals surface area contributed by atoms with E-state index in [1.165, 1.54) is 0 Å². The summed E-state index contributed by atoms with van der Waals surface area (Å²) in [6, 6.07) is 10.9. The molecule has 1 atom stereocenters. The maximum Gasteiger partial charge on any atom is 0.140 e. The van der Waals surface area contributed by atoms with Crippen molar-refractivity contribution in [1.29, 1.82) is 5.26 Å². The van der Waals surface area contributed by atoms with Crippen LogP contribution < -0.4 is 10.5 Å². The van der Waals surface area contributed by atoms with Crippen molar-refractivity contribution in [2.24, 2.45) is 5.73 Å². The Morgan fingerprint density at radius 2 is 2.20 bits per heavy atom. The molecular weight excluding hydrogens is 274 g/mol. The molecule has 4 nitrogen and oxygen atoms in total. The highest BCUT2D eigenvalue weighted by atomic mass is 35.5. The fraction of sp³-hybridized carbons (Fsp3) is 0.200. The van der Waals surface area contributed by atoms with Gasteiger partial charge in [0.05, 0.1) is 5.02 Å². The second kappa shape index (κ2) is 6.38. The van der Waals surface area contributed by atoms with Crippen molar-refractivity contribution in [2.75, 3.05) is 0 Å². The number of nitriles is 1. The Balaban J connectivity index is 2.09. The van der Waals surface area contributed by atoms with Gasteiger partial charge in [0, 0.05) is 12.2 Å². The zero-order chi connectivity index (χ0) is 14.5. The van der Waals surface area contributed by atoms with Gasteiger partial charge in [0.15, 0.2) is 0 Å². The summed E-state index contributed by atoms with van der Waals surface area (Å²) in [5.41, 5.74) is 7.98. The Labute approximate surface area is 122 Å². The third-order valence-electron chi connectivity index (χ3n) is 2.81. The number of hydrogen-bond acceptors (Lipinski definition) is 4. The Morgan fingerprint density at radius 3 is 2.85 bits per heavy atom. The monoisotopic (exact) mass is 287 g/mol. The predicted molar refractivity (Wildman–Crippen MR) is 77.3 cm³/mol. The van der Waals surface area contributed by atoms with Crippen molar-refractivity contribution in [3.05, 3.63) is 58.4 Å². The number of aromatic nitrogens is 1. The van der Waals surface area contributed by atoms with E-state index in [-0.39, 0.29) is 6.04 Å². The van der Waals surface area contributed by atoms with Crippen molar-refractivity contribution in [1.82, 2.24) is 4.98 Å². The molecule has 1 aromatic carbocycles. The van der Waals surface area contributed by atoms with Gasteiger partial charge in [-0.15, -0.1) is 0 Å². The molecule has 0 fully saturated rings. The Morgan fingerprint density at radius 1 is 1.40 bits per heavy atom. The molecule has 0 radical (unpaired) electrons. The smallest absolute Gasteiger partial charge is 0.140 e. The van der Waals surface area contributed by atoms with Gasteiger partial charge in [-0.2, -0.15) is 5.26 Å². The zero-order valence-corrected chi connectivity index (χ0v) is 11.8. The molecule has 5 heteroatoms. The maximum absolute atomic E-state index is 8.79. The number of benzene rings is 1. The van der Waals surface area contributed by atoms with Gasteiger partial charge in [-0.05, 0) is 42.3 Å². The van der Waals surface area contributed by atoms with Gasteiger partial charge in [0.2, 0.25) is 0 Å². The molecule has 0 aliphatic rings. The van der Waals surface area contributed by atoms with E-state index in [9.17, 15) is 0 Å². The average Bonchev–Trinajstić information content (AvgIpc) is 2.46. The highest BCUT2D eigenvalue weighted by molar-refractivity contribution is 6.32. The third kappa shape index (κ3) is 3.47. The fourth-order valence-corrected chi connectivity index (χ4v) is 1.95. The van der Waals surface area contributed by atoms with E-state index in [2.05, 4.69) is 4.98 Å². The summed E-state index contributed by atoms with van der Waals surface area (Å²) in [5.74, 6) is 0.589. The molecule has 102 valence electrons. The number of hydrogen-bond donors (Lipinski definition) is 1. The molecule has 0 saturated heterocycles. The summed E-state index contributed by atoms with van der Waals surface area (Å²) in [6.07, 6.45) is 1.58. The van der Waals surface area contributed by atoms with E-state index in [1.54, 1.807) is 30.5 Å². The molecule has 0 saturated carbocycles. The van der Waals surface area contributed by atoms with E-state index < -0.39 is 0 Å². The van der Waals surface area contributed by atoms with Gasteiger partial charge in [-0.3, -0.25) is 0 Å². The highest BCUT2D eigenvalue weighted by Gasteiger charge is 2.06. The molecule has 0 aliphatic heterocycles. The molecule has 1 aromatic heterocycles. The standard InChI is InChI=1S/C15H14ClN3O/c1-10(18)12-2-3-15(14(16)7-12)20-9-11-4-5-19-13(6-11)8-17/h2-7,10H,9,18H2,1H3/t10-/m1/s1. The van der Waals surface area contributed by atoms with Gasteiger partial charge < -0.3 is 10.5 Å². The second-order valence-corrected chi connectivity index (χ2v) is 4.84. The van der Waals surface area contributed by atoms with Crippen molar-refractivity contribution in [3.63, 3.8) is 0 Å². The summed E-state index contributed by atoms with van der Waals surface area (Å²) >= 11 is 6.15. The van der Waals surface area contributed by atoms with Crippen molar-refractivity contribution >= 4 is 11.6 Å². The van der Waals surface area contributed by atoms with E-state index in [4.69, 9.17) is 27.3 Å². The molecule has 0 spiro atoms. The lowest BCUT2D eigenvalue weighted by atomic mass is 10.1. The molecule has 2 rings (SSSR count). The first-order valence-corrected chi connectivity index (χ1v) is 6.51. The third-order valence-corrected chi connectivity index (χ3v) is 3.11. The zero-order valence-electron chi connectivity index (χ0n) is 11.0. The van der Waals surface area contributed by atoms with Crippen LogP contribution in [0.15, 0.2) is 36.5 Å². The summed E-state index contributed by atoms with van der Waals surface area (Å²) in [7, 11) is 0. The molecule has 2 N–H and O–H groups in total. The van der Waals surface area contributed by atoms with Gasteiger partial charge >= 0.3 is 0 Å². The summed E-state index contributed by atoms with van der Waals surface area (Å²) in [6.45, 7) is 2.22. The van der Waals surface area contributed by atoms with Crippen LogP contribution in [0.3, 0.4) is 0 Å². The first-order chi connectivity index (χ1) is 9.60. The Hall–Kier alpha value is -2.09. The van der Waals surface area contributed by atoms with Crippen LogP contribution >= 0.6 is 11.6 Å². The van der Waals surface area contributed by atoms with E-state index in [0.29, 0.717) is 23.1 Å². The molecule has 0 bridgehead atoms. The number of halogens is 1. The van der Waals surface area contributed by atoms with E-state index in [0.717, 1.165) is 11.1 Å². The van der Waals surface area contributed by atoms with Crippen molar-refractivity contribution in [3.8, 4) is 11.8 Å². The minimum atomic E-state index is -0.0695. The molecule has 1 heterocycles. The van der Waals surface area contributed by atoms with E-state index in [1.807, 2.05) is 19.1 Å². The molecule has 20 heavy (non-hydrogen) atoms. The van der Waals surface area contributed by atoms with Crippen LogP contribution in [0, 0.1) is 11.3 Å². The lowest BCUT2D eigenvalue weighted by Crippen LogP contribution is -2.05. The SMILES string of the molecule is C[C@@H](N)c1ccc(OCc2ccnc(C#N)c2)c(Cl)c1. The molecule has 0 aliphatic carbocycles. The molecule has 2 aromatic rings. The summed E-state index contributed by atoms with van der Waals surface area (Å²) in [4.78, 5) is 3.90. The number of ether oxygens (including phenoxy) is 1. The van der Waals surface area contributed by atoms with Gasteiger partial charge in [-0.25, -0.2) is 4.98 Å². The van der Waals surface area contributed by atoms with Crippen LogP contribution in [0.5, 0.6) is 5.75 Å².